The first kappa shape index (κ1) is 19.2. The maximum Gasteiger partial charge on any atom is 0.257 e. The molecule has 0 unspecified atom stereocenters. The zero-order valence-corrected chi connectivity index (χ0v) is 16.3. The van der Waals surface area contributed by atoms with Crippen LogP contribution in [0, 0.1) is 6.92 Å². The van der Waals surface area contributed by atoms with E-state index in [9.17, 15) is 5.11 Å². The topological polar surface area (TPSA) is 44.2 Å². The summed E-state index contributed by atoms with van der Waals surface area (Å²) >= 11 is 0. The van der Waals surface area contributed by atoms with Gasteiger partial charge in [-0.2, -0.15) is 0 Å². The van der Waals surface area contributed by atoms with Gasteiger partial charge in [0.1, 0.15) is 12.7 Å². The van der Waals surface area contributed by atoms with Crippen LogP contribution in [0.2, 0.25) is 0 Å². The molecule has 4 nitrogen and oxygen atoms in total. The van der Waals surface area contributed by atoms with Crippen LogP contribution in [0.15, 0.2) is 65.8 Å². The molecule has 0 amide bonds. The van der Waals surface area contributed by atoms with Crippen molar-refractivity contribution in [2.24, 2.45) is 4.99 Å². The maximum absolute atomic E-state index is 12.4. The van der Waals surface area contributed by atoms with Crippen molar-refractivity contribution in [2.45, 2.75) is 39.4 Å². The minimum absolute atomic E-state index is 0. The van der Waals surface area contributed by atoms with Crippen LogP contribution in [0.25, 0.3) is 11.3 Å². The van der Waals surface area contributed by atoms with Crippen molar-refractivity contribution in [3.63, 3.8) is 0 Å². The van der Waals surface area contributed by atoms with Gasteiger partial charge >= 0.3 is 0 Å². The van der Waals surface area contributed by atoms with Gasteiger partial charge in [0, 0.05) is 11.5 Å². The molecule has 0 atom stereocenters. The molecule has 0 radical (unpaired) electrons. The summed E-state index contributed by atoms with van der Waals surface area (Å²) in [6.45, 7) is 3.87. The van der Waals surface area contributed by atoms with E-state index >= 15 is 0 Å². The third-order valence-electron chi connectivity index (χ3n) is 4.93. The number of aryl methyl sites for hydroxylation is 1. The van der Waals surface area contributed by atoms with Gasteiger partial charge in [0.25, 0.3) is 5.82 Å². The van der Waals surface area contributed by atoms with Gasteiger partial charge in [0.2, 0.25) is 0 Å². The molecule has 140 valence electrons. The van der Waals surface area contributed by atoms with E-state index < -0.39 is 0 Å². The predicted octanol–water partition coefficient (Wildman–Crippen LogP) is 3.08. The Kier molecular flexibility index (Phi) is 5.97. The Bertz CT molecular complexity index is 930. The molecule has 0 N–H and O–H groups in total. The summed E-state index contributed by atoms with van der Waals surface area (Å²) in [4.78, 5) is 4.24. The lowest BCUT2D eigenvalue weighted by molar-refractivity contribution is -0.693. The maximum atomic E-state index is 12.4. The second kappa shape index (κ2) is 8.40. The lowest BCUT2D eigenvalue weighted by Gasteiger charge is -2.09. The first-order valence-electron chi connectivity index (χ1n) is 9.14. The summed E-state index contributed by atoms with van der Waals surface area (Å²) in [5.74, 6) is 1.15. The highest BCUT2D eigenvalue weighted by atomic mass is 35.5. The highest BCUT2D eigenvalue weighted by molar-refractivity contribution is 5.85. The molecule has 0 spiro atoms. The van der Waals surface area contributed by atoms with E-state index in [0.717, 1.165) is 24.9 Å². The number of rotatable bonds is 5. The molecule has 0 saturated heterocycles. The molecule has 0 fully saturated rings. The molecular formula is C22H24ClN3O. The Morgan fingerprint density at radius 3 is 2.59 bits per heavy atom. The van der Waals surface area contributed by atoms with Crippen LogP contribution >= 0.6 is 12.4 Å². The molecular weight excluding hydrogens is 358 g/mol. The zero-order valence-electron chi connectivity index (χ0n) is 15.5. The van der Waals surface area contributed by atoms with E-state index in [1.165, 1.54) is 22.6 Å². The average Bonchev–Trinajstić information content (AvgIpc) is 3.26. The summed E-state index contributed by atoms with van der Waals surface area (Å²) in [5, 5.41) is 12.4. The van der Waals surface area contributed by atoms with Crippen molar-refractivity contribution in [1.29, 1.82) is 0 Å². The molecule has 5 heteroatoms. The average molecular weight is 382 g/mol. The molecule has 4 rings (SSSR count). The molecule has 2 heterocycles. The van der Waals surface area contributed by atoms with Gasteiger partial charge in [-0.3, -0.25) is 4.99 Å². The fourth-order valence-corrected chi connectivity index (χ4v) is 3.56. The third-order valence-corrected chi connectivity index (χ3v) is 4.93. The van der Waals surface area contributed by atoms with Crippen LogP contribution in [0.5, 0.6) is 0 Å². The smallest absolute Gasteiger partial charge is 0.257 e. The second-order valence-electron chi connectivity index (χ2n) is 6.88. The van der Waals surface area contributed by atoms with Crippen LogP contribution in [-0.2, 0) is 26.1 Å². The van der Waals surface area contributed by atoms with Crippen LogP contribution in [0.4, 0.5) is 0 Å². The molecule has 0 saturated carbocycles. The molecule has 0 bridgehead atoms. The predicted molar refractivity (Wildman–Crippen MR) is 108 cm³/mol. The van der Waals surface area contributed by atoms with Crippen molar-refractivity contribution in [2.75, 3.05) is 0 Å². The number of imidazole rings is 1. The molecule has 1 aromatic heterocycles. The normalized spacial score (nSPS) is 13.3. The second-order valence-corrected chi connectivity index (χ2v) is 6.88. The number of aromatic nitrogens is 2. The van der Waals surface area contributed by atoms with Gasteiger partial charge < -0.3 is 5.11 Å². The monoisotopic (exact) mass is 381 g/mol. The largest absolute Gasteiger partial charge is 0.859 e. The number of nitrogens with zero attached hydrogens (tertiary/aromatic N) is 3. The summed E-state index contributed by atoms with van der Waals surface area (Å²) in [6, 6.07) is 18.5. The standard InChI is InChI=1S/C22H23N3O.ClH/c1-17-9-11-19(12-10-17)20-15-24(22-8-5-13-25(20)22)16-21(26)23-14-18-6-3-2-4-7-18;/h2-4,6-7,9-12,15H,5,8,13-14,16H2,1H3;1H. The Hall–Kier alpha value is -2.59. The Labute approximate surface area is 166 Å². The highest BCUT2D eigenvalue weighted by Crippen LogP contribution is 2.25. The Morgan fingerprint density at radius 2 is 1.85 bits per heavy atom. The first-order valence-corrected chi connectivity index (χ1v) is 9.14. The van der Waals surface area contributed by atoms with Crippen molar-refractivity contribution >= 4 is 18.3 Å². The SMILES string of the molecule is Cc1ccc(-c2c[n+](CC([O-])=NCc3ccccc3)c3n2CCC3)cc1.Cl. The Balaban J connectivity index is 0.00000210. The third kappa shape index (κ3) is 4.22. The summed E-state index contributed by atoms with van der Waals surface area (Å²) in [7, 11) is 0. The van der Waals surface area contributed by atoms with Gasteiger partial charge in [-0.15, -0.1) is 12.4 Å². The van der Waals surface area contributed by atoms with Crippen LogP contribution in [0.1, 0.15) is 23.4 Å². The minimum atomic E-state index is -0.0744. The van der Waals surface area contributed by atoms with E-state index in [2.05, 4.69) is 51.5 Å². The van der Waals surface area contributed by atoms with Gasteiger partial charge in [0.15, 0.2) is 5.69 Å². The number of aliphatic imine (C=N–C) groups is 1. The van der Waals surface area contributed by atoms with Crippen molar-refractivity contribution in [3.05, 3.63) is 77.7 Å². The summed E-state index contributed by atoms with van der Waals surface area (Å²) in [5.41, 5.74) is 4.71. The quantitative estimate of drug-likeness (QED) is 0.380. The van der Waals surface area contributed by atoms with Crippen molar-refractivity contribution < 1.29 is 9.67 Å². The van der Waals surface area contributed by atoms with E-state index in [1.807, 2.05) is 30.3 Å². The zero-order chi connectivity index (χ0) is 17.9. The van der Waals surface area contributed by atoms with Gasteiger partial charge in [-0.1, -0.05) is 60.2 Å². The van der Waals surface area contributed by atoms with E-state index in [0.29, 0.717) is 13.1 Å². The van der Waals surface area contributed by atoms with Gasteiger partial charge in [-0.05, 0) is 18.9 Å². The van der Waals surface area contributed by atoms with E-state index in [-0.39, 0.29) is 18.3 Å². The van der Waals surface area contributed by atoms with E-state index in [4.69, 9.17) is 0 Å². The van der Waals surface area contributed by atoms with Gasteiger partial charge in [-0.25, -0.2) is 9.13 Å². The number of hydrogen-bond acceptors (Lipinski definition) is 2. The van der Waals surface area contributed by atoms with Crippen LogP contribution < -0.4 is 9.67 Å². The lowest BCUT2D eigenvalue weighted by Crippen LogP contribution is -2.44. The fourth-order valence-electron chi connectivity index (χ4n) is 3.56. The highest BCUT2D eigenvalue weighted by Gasteiger charge is 2.28. The van der Waals surface area contributed by atoms with Crippen LogP contribution in [0.3, 0.4) is 0 Å². The molecule has 3 aromatic rings. The van der Waals surface area contributed by atoms with E-state index in [1.54, 1.807) is 0 Å². The molecule has 1 aliphatic heterocycles. The molecule has 1 aliphatic rings. The summed E-state index contributed by atoms with van der Waals surface area (Å²) < 4.78 is 4.42. The molecule has 27 heavy (non-hydrogen) atoms. The van der Waals surface area contributed by atoms with Crippen molar-refractivity contribution in [1.82, 2.24) is 4.57 Å². The fraction of sp³-hybridized carbons (Fsp3) is 0.273. The molecule has 0 aliphatic carbocycles. The van der Waals surface area contributed by atoms with Crippen molar-refractivity contribution in [3.8, 4) is 11.3 Å². The Morgan fingerprint density at radius 1 is 1.11 bits per heavy atom. The first-order chi connectivity index (χ1) is 12.7. The summed E-state index contributed by atoms with van der Waals surface area (Å²) in [6.07, 6.45) is 4.25. The number of hydrogen-bond donors (Lipinski definition) is 0. The molecule has 2 aromatic carbocycles. The number of benzene rings is 2. The van der Waals surface area contributed by atoms with Crippen LogP contribution in [-0.4, -0.2) is 10.5 Å². The lowest BCUT2D eigenvalue weighted by atomic mass is 10.1. The number of fused-ring (bicyclic) bond motifs is 1. The number of halogens is 1. The van der Waals surface area contributed by atoms with Gasteiger partial charge in [0.05, 0.1) is 19.5 Å². The minimum Gasteiger partial charge on any atom is -0.859 e.